The summed E-state index contributed by atoms with van der Waals surface area (Å²) in [5.41, 5.74) is 4.82. The molecule has 168 valence electrons. The molecule has 33 heavy (non-hydrogen) atoms. The van der Waals surface area contributed by atoms with Gasteiger partial charge in [0.2, 0.25) is 5.91 Å². The van der Waals surface area contributed by atoms with Crippen molar-refractivity contribution in [2.24, 2.45) is 0 Å². The summed E-state index contributed by atoms with van der Waals surface area (Å²) >= 11 is 1.35. The summed E-state index contributed by atoms with van der Waals surface area (Å²) in [6, 6.07) is 23.7. The van der Waals surface area contributed by atoms with Gasteiger partial charge in [0.1, 0.15) is 5.75 Å². The standard InChI is InChI=1S/C26H26N4O2S/c1-4-19-12-10-11-18(2)24(19)27-23(31)17-33-26-29-28-25(21-15-8-9-16-22(21)32-3)30(26)20-13-6-5-7-14-20/h5-16H,4,17H2,1-3H3,(H,27,31). The Morgan fingerprint density at radius 1 is 1.00 bits per heavy atom. The molecule has 0 fully saturated rings. The topological polar surface area (TPSA) is 69.0 Å². The number of aromatic nitrogens is 3. The van der Waals surface area contributed by atoms with E-state index in [-0.39, 0.29) is 11.7 Å². The van der Waals surface area contributed by atoms with Gasteiger partial charge < -0.3 is 10.1 Å². The van der Waals surface area contributed by atoms with Gasteiger partial charge in [0.25, 0.3) is 0 Å². The van der Waals surface area contributed by atoms with Gasteiger partial charge in [-0.3, -0.25) is 9.36 Å². The fraction of sp³-hybridized carbons (Fsp3) is 0.192. The molecule has 1 amide bonds. The van der Waals surface area contributed by atoms with Crippen LogP contribution in [0.4, 0.5) is 5.69 Å². The lowest BCUT2D eigenvalue weighted by atomic mass is 10.1. The summed E-state index contributed by atoms with van der Waals surface area (Å²) in [6.07, 6.45) is 0.856. The van der Waals surface area contributed by atoms with Crippen LogP contribution in [0.5, 0.6) is 5.75 Å². The average molecular weight is 459 g/mol. The van der Waals surface area contributed by atoms with Crippen LogP contribution in [0.25, 0.3) is 17.1 Å². The third-order valence-corrected chi connectivity index (χ3v) is 6.26. The Morgan fingerprint density at radius 3 is 2.52 bits per heavy atom. The highest BCUT2D eigenvalue weighted by atomic mass is 32.2. The third kappa shape index (κ3) is 4.93. The minimum Gasteiger partial charge on any atom is -0.496 e. The van der Waals surface area contributed by atoms with Gasteiger partial charge in [-0.05, 0) is 48.7 Å². The Hall–Kier alpha value is -3.58. The van der Waals surface area contributed by atoms with Gasteiger partial charge in [0, 0.05) is 11.4 Å². The molecule has 0 aliphatic heterocycles. The van der Waals surface area contributed by atoms with E-state index in [0.29, 0.717) is 16.7 Å². The highest BCUT2D eigenvalue weighted by Gasteiger charge is 2.20. The van der Waals surface area contributed by atoms with Crippen molar-refractivity contribution in [3.05, 3.63) is 83.9 Å². The van der Waals surface area contributed by atoms with Crippen molar-refractivity contribution in [3.63, 3.8) is 0 Å². The number of nitrogens with zero attached hydrogens (tertiary/aromatic N) is 3. The van der Waals surface area contributed by atoms with Crippen LogP contribution in [0.3, 0.4) is 0 Å². The molecule has 1 N–H and O–H groups in total. The molecule has 1 aromatic heterocycles. The molecule has 4 aromatic rings. The van der Waals surface area contributed by atoms with E-state index < -0.39 is 0 Å². The maximum absolute atomic E-state index is 12.8. The molecule has 7 heteroatoms. The molecule has 0 saturated heterocycles. The number of carbonyl (C=O) groups excluding carboxylic acids is 1. The molecule has 3 aromatic carbocycles. The first kappa shape index (κ1) is 22.6. The number of thioether (sulfide) groups is 1. The van der Waals surface area contributed by atoms with Gasteiger partial charge >= 0.3 is 0 Å². The van der Waals surface area contributed by atoms with Gasteiger partial charge in [-0.2, -0.15) is 0 Å². The van der Waals surface area contributed by atoms with Gasteiger partial charge in [-0.25, -0.2) is 0 Å². The van der Waals surface area contributed by atoms with Crippen LogP contribution in [0, 0.1) is 6.92 Å². The number of para-hydroxylation sites is 3. The van der Waals surface area contributed by atoms with Crippen molar-refractivity contribution in [1.82, 2.24) is 14.8 Å². The number of nitrogens with one attached hydrogen (secondary N) is 1. The van der Waals surface area contributed by atoms with Crippen LogP contribution in [-0.4, -0.2) is 33.5 Å². The van der Waals surface area contributed by atoms with Crippen molar-refractivity contribution in [2.45, 2.75) is 25.4 Å². The SMILES string of the molecule is CCc1cccc(C)c1NC(=O)CSc1nnc(-c2ccccc2OC)n1-c1ccccc1. The van der Waals surface area contributed by atoms with E-state index in [0.717, 1.165) is 34.5 Å². The van der Waals surface area contributed by atoms with Crippen molar-refractivity contribution < 1.29 is 9.53 Å². The second kappa shape index (κ2) is 10.4. The molecule has 1 heterocycles. The third-order valence-electron chi connectivity index (χ3n) is 5.33. The Bertz CT molecular complexity index is 1250. The number of hydrogen-bond donors (Lipinski definition) is 1. The molecule has 6 nitrogen and oxygen atoms in total. The van der Waals surface area contributed by atoms with Crippen LogP contribution < -0.4 is 10.1 Å². The van der Waals surface area contributed by atoms with E-state index in [1.807, 2.05) is 84.3 Å². The monoisotopic (exact) mass is 458 g/mol. The maximum atomic E-state index is 12.8. The Kier molecular flexibility index (Phi) is 7.10. The average Bonchev–Trinajstić information content (AvgIpc) is 3.28. The van der Waals surface area contributed by atoms with Gasteiger partial charge in [-0.1, -0.05) is 67.2 Å². The van der Waals surface area contributed by atoms with Crippen LogP contribution in [0.15, 0.2) is 78.0 Å². The molecule has 0 bridgehead atoms. The van der Waals surface area contributed by atoms with Crippen molar-refractivity contribution >= 4 is 23.4 Å². The summed E-state index contributed by atoms with van der Waals surface area (Å²) in [5.74, 6) is 1.51. The van der Waals surface area contributed by atoms with Crippen molar-refractivity contribution in [1.29, 1.82) is 0 Å². The van der Waals surface area contributed by atoms with E-state index in [4.69, 9.17) is 4.74 Å². The molecule has 0 atom stereocenters. The minimum atomic E-state index is -0.0783. The van der Waals surface area contributed by atoms with E-state index in [9.17, 15) is 4.79 Å². The van der Waals surface area contributed by atoms with Crippen molar-refractivity contribution in [3.8, 4) is 22.8 Å². The molecular weight excluding hydrogens is 432 g/mol. The number of rotatable bonds is 8. The van der Waals surface area contributed by atoms with Gasteiger partial charge in [0.15, 0.2) is 11.0 Å². The quantitative estimate of drug-likeness (QED) is 0.351. The van der Waals surface area contributed by atoms with Crippen LogP contribution >= 0.6 is 11.8 Å². The second-order valence-electron chi connectivity index (χ2n) is 7.48. The molecule has 0 saturated carbocycles. The zero-order valence-corrected chi connectivity index (χ0v) is 19.7. The fourth-order valence-electron chi connectivity index (χ4n) is 3.68. The zero-order valence-electron chi connectivity index (χ0n) is 18.9. The second-order valence-corrected chi connectivity index (χ2v) is 8.42. The summed E-state index contributed by atoms with van der Waals surface area (Å²) < 4.78 is 7.50. The molecular formula is C26H26N4O2S. The first-order valence-electron chi connectivity index (χ1n) is 10.8. The Labute approximate surface area is 198 Å². The molecule has 0 spiro atoms. The number of amides is 1. The van der Waals surface area contributed by atoms with Crippen LogP contribution in [0.1, 0.15) is 18.1 Å². The smallest absolute Gasteiger partial charge is 0.234 e. The van der Waals surface area contributed by atoms with Gasteiger partial charge in [-0.15, -0.1) is 10.2 Å². The number of methoxy groups -OCH3 is 1. The zero-order chi connectivity index (χ0) is 23.2. The number of benzene rings is 3. The highest BCUT2D eigenvalue weighted by Crippen LogP contribution is 2.33. The number of aryl methyl sites for hydroxylation is 2. The van der Waals surface area contributed by atoms with E-state index >= 15 is 0 Å². The predicted molar refractivity (Wildman–Crippen MR) is 133 cm³/mol. The summed E-state index contributed by atoms with van der Waals surface area (Å²) in [5, 5.41) is 12.6. The van der Waals surface area contributed by atoms with Gasteiger partial charge in [0.05, 0.1) is 18.4 Å². The number of ether oxygens (including phenoxy) is 1. The minimum absolute atomic E-state index is 0.0783. The lowest BCUT2D eigenvalue weighted by Gasteiger charge is -2.14. The summed E-state index contributed by atoms with van der Waals surface area (Å²) in [7, 11) is 1.64. The first-order valence-corrected chi connectivity index (χ1v) is 11.8. The molecule has 0 radical (unpaired) electrons. The fourth-order valence-corrected chi connectivity index (χ4v) is 4.44. The summed E-state index contributed by atoms with van der Waals surface area (Å²) in [4.78, 5) is 12.8. The van der Waals surface area contributed by atoms with Crippen LogP contribution in [-0.2, 0) is 11.2 Å². The Morgan fingerprint density at radius 2 is 1.76 bits per heavy atom. The molecule has 0 aliphatic carbocycles. The first-order chi connectivity index (χ1) is 16.1. The maximum Gasteiger partial charge on any atom is 0.234 e. The molecule has 0 aliphatic rings. The summed E-state index contributed by atoms with van der Waals surface area (Å²) in [6.45, 7) is 4.09. The van der Waals surface area contributed by atoms with E-state index in [1.165, 1.54) is 11.8 Å². The molecule has 0 unspecified atom stereocenters. The number of carbonyl (C=O) groups is 1. The normalized spacial score (nSPS) is 10.8. The van der Waals surface area contributed by atoms with Crippen molar-refractivity contribution in [2.75, 3.05) is 18.2 Å². The predicted octanol–water partition coefficient (Wildman–Crippen LogP) is 5.54. The van der Waals surface area contributed by atoms with E-state index in [2.05, 4.69) is 22.4 Å². The van der Waals surface area contributed by atoms with E-state index in [1.54, 1.807) is 7.11 Å². The Balaban J connectivity index is 1.62. The number of anilines is 1. The molecule has 4 rings (SSSR count). The lowest BCUT2D eigenvalue weighted by molar-refractivity contribution is -0.113. The van der Waals surface area contributed by atoms with Crippen LogP contribution in [0.2, 0.25) is 0 Å². The largest absolute Gasteiger partial charge is 0.496 e. The lowest BCUT2D eigenvalue weighted by Crippen LogP contribution is -2.16. The highest BCUT2D eigenvalue weighted by molar-refractivity contribution is 7.99. The number of hydrogen-bond acceptors (Lipinski definition) is 5.